The Labute approximate surface area is 122 Å². The van der Waals surface area contributed by atoms with Crippen molar-refractivity contribution in [2.24, 2.45) is 0 Å². The van der Waals surface area contributed by atoms with Crippen LogP contribution in [0.15, 0.2) is 36.4 Å². The number of rotatable bonds is 3. The molecule has 1 N–H and O–H groups in total. The van der Waals surface area contributed by atoms with Crippen molar-refractivity contribution >= 4 is 23.2 Å². The van der Waals surface area contributed by atoms with Crippen LogP contribution in [-0.2, 0) is 0 Å². The Morgan fingerprint density at radius 1 is 1.05 bits per heavy atom. The number of aryl methyl sites for hydroxylation is 1. The molecule has 0 aliphatic rings. The first-order valence-corrected chi connectivity index (χ1v) is 6.55. The Kier molecular flexibility index (Phi) is 4.35. The Morgan fingerprint density at radius 3 is 2.42 bits per heavy atom. The van der Waals surface area contributed by atoms with Gasteiger partial charge in [0.15, 0.2) is 0 Å². The highest BCUT2D eigenvalue weighted by molar-refractivity contribution is 6.31. The molecule has 2 aromatic rings. The van der Waals surface area contributed by atoms with Gasteiger partial charge in [-0.2, -0.15) is 0 Å². The minimum atomic E-state index is -0.828. The number of benzene rings is 2. The van der Waals surface area contributed by atoms with Crippen molar-refractivity contribution in [3.05, 3.63) is 63.1 Å². The van der Waals surface area contributed by atoms with E-state index in [9.17, 15) is 5.11 Å². The number of methoxy groups -OCH3 is 1. The van der Waals surface area contributed by atoms with Gasteiger partial charge in [-0.25, -0.2) is 0 Å². The zero-order valence-corrected chi connectivity index (χ0v) is 12.2. The molecule has 4 heteroatoms. The fraction of sp³-hybridized carbons (Fsp3) is 0.200. The van der Waals surface area contributed by atoms with E-state index in [2.05, 4.69) is 0 Å². The smallest absolute Gasteiger partial charge is 0.125 e. The zero-order chi connectivity index (χ0) is 14.0. The highest BCUT2D eigenvalue weighted by Gasteiger charge is 2.16. The summed E-state index contributed by atoms with van der Waals surface area (Å²) >= 11 is 12.0. The van der Waals surface area contributed by atoms with E-state index < -0.39 is 6.10 Å². The molecule has 19 heavy (non-hydrogen) atoms. The summed E-state index contributed by atoms with van der Waals surface area (Å²) in [7, 11) is 1.56. The van der Waals surface area contributed by atoms with Gasteiger partial charge < -0.3 is 9.84 Å². The third-order valence-corrected chi connectivity index (χ3v) is 3.32. The fourth-order valence-electron chi connectivity index (χ4n) is 2.02. The van der Waals surface area contributed by atoms with Crippen molar-refractivity contribution in [1.82, 2.24) is 0 Å². The molecule has 0 saturated heterocycles. The van der Waals surface area contributed by atoms with Crippen LogP contribution in [0.4, 0.5) is 0 Å². The second-order valence-electron chi connectivity index (χ2n) is 4.35. The summed E-state index contributed by atoms with van der Waals surface area (Å²) in [6.45, 7) is 1.93. The molecule has 0 aliphatic heterocycles. The maximum atomic E-state index is 10.5. The molecule has 0 heterocycles. The van der Waals surface area contributed by atoms with Crippen LogP contribution in [0.2, 0.25) is 10.0 Å². The number of aliphatic hydroxyl groups excluding tert-OH is 1. The van der Waals surface area contributed by atoms with E-state index in [0.717, 1.165) is 5.56 Å². The summed E-state index contributed by atoms with van der Waals surface area (Å²) in [4.78, 5) is 0. The molecule has 2 aromatic carbocycles. The molecule has 0 spiro atoms. The van der Waals surface area contributed by atoms with Gasteiger partial charge in [0.2, 0.25) is 0 Å². The molecule has 1 atom stereocenters. The summed E-state index contributed by atoms with van der Waals surface area (Å²) in [6.07, 6.45) is -0.828. The lowest BCUT2D eigenvalue weighted by Crippen LogP contribution is -2.03. The van der Waals surface area contributed by atoms with Crippen molar-refractivity contribution in [2.45, 2.75) is 13.0 Å². The van der Waals surface area contributed by atoms with Gasteiger partial charge in [0.05, 0.1) is 7.11 Å². The number of hydrogen-bond donors (Lipinski definition) is 1. The van der Waals surface area contributed by atoms with Gasteiger partial charge in [-0.15, -0.1) is 0 Å². The number of ether oxygens (including phenoxy) is 1. The van der Waals surface area contributed by atoms with Gasteiger partial charge in [-0.1, -0.05) is 29.3 Å². The van der Waals surface area contributed by atoms with Gasteiger partial charge in [0, 0.05) is 15.6 Å². The SMILES string of the molecule is COc1ccc(Cl)cc1C(O)c1cc(C)cc(Cl)c1. The zero-order valence-electron chi connectivity index (χ0n) is 10.7. The average Bonchev–Trinajstić information content (AvgIpc) is 2.36. The highest BCUT2D eigenvalue weighted by atomic mass is 35.5. The summed E-state index contributed by atoms with van der Waals surface area (Å²) in [5.41, 5.74) is 2.32. The topological polar surface area (TPSA) is 29.5 Å². The molecule has 1 unspecified atom stereocenters. The van der Waals surface area contributed by atoms with Crippen molar-refractivity contribution < 1.29 is 9.84 Å². The van der Waals surface area contributed by atoms with Crippen LogP contribution >= 0.6 is 23.2 Å². The number of hydrogen-bond acceptors (Lipinski definition) is 2. The predicted octanol–water partition coefficient (Wildman–Crippen LogP) is 4.39. The van der Waals surface area contributed by atoms with Crippen LogP contribution in [-0.4, -0.2) is 12.2 Å². The molecular formula is C15H14Cl2O2. The molecule has 0 amide bonds. The van der Waals surface area contributed by atoms with E-state index in [4.69, 9.17) is 27.9 Å². The maximum Gasteiger partial charge on any atom is 0.125 e. The monoisotopic (exact) mass is 296 g/mol. The standard InChI is InChI=1S/C15H14Cl2O2/c1-9-5-10(7-12(17)6-9)15(18)13-8-11(16)3-4-14(13)19-2/h3-8,15,18H,1-2H3. The third-order valence-electron chi connectivity index (χ3n) is 2.87. The van der Waals surface area contributed by atoms with Crippen LogP contribution in [0, 0.1) is 6.92 Å². The Hall–Kier alpha value is -1.22. The average molecular weight is 297 g/mol. The molecule has 100 valence electrons. The second kappa shape index (κ2) is 5.83. The first kappa shape index (κ1) is 14.2. The molecule has 0 aromatic heterocycles. The molecule has 2 rings (SSSR count). The lowest BCUT2D eigenvalue weighted by molar-refractivity contribution is 0.214. The van der Waals surface area contributed by atoms with E-state index in [1.54, 1.807) is 31.4 Å². The molecule has 0 radical (unpaired) electrons. The van der Waals surface area contributed by atoms with Crippen LogP contribution in [0.3, 0.4) is 0 Å². The van der Waals surface area contributed by atoms with Crippen molar-refractivity contribution in [2.75, 3.05) is 7.11 Å². The minimum Gasteiger partial charge on any atom is -0.496 e. The van der Waals surface area contributed by atoms with Gasteiger partial charge in [0.1, 0.15) is 11.9 Å². The molecule has 0 fully saturated rings. The highest BCUT2D eigenvalue weighted by Crippen LogP contribution is 2.33. The lowest BCUT2D eigenvalue weighted by atomic mass is 9.99. The fourth-order valence-corrected chi connectivity index (χ4v) is 2.50. The van der Waals surface area contributed by atoms with Gasteiger partial charge >= 0.3 is 0 Å². The summed E-state index contributed by atoms with van der Waals surface area (Å²) < 4.78 is 5.25. The molecule has 0 saturated carbocycles. The van der Waals surface area contributed by atoms with E-state index in [1.807, 2.05) is 19.1 Å². The Morgan fingerprint density at radius 2 is 1.79 bits per heavy atom. The number of aliphatic hydroxyl groups is 1. The quantitative estimate of drug-likeness (QED) is 0.910. The van der Waals surface area contributed by atoms with E-state index in [1.165, 1.54) is 0 Å². The molecular weight excluding hydrogens is 283 g/mol. The van der Waals surface area contributed by atoms with E-state index in [0.29, 0.717) is 26.9 Å². The Balaban J connectivity index is 2.48. The summed E-state index contributed by atoms with van der Waals surface area (Å²) in [5, 5.41) is 11.6. The largest absolute Gasteiger partial charge is 0.496 e. The molecule has 0 bridgehead atoms. The first-order valence-electron chi connectivity index (χ1n) is 5.80. The normalized spacial score (nSPS) is 12.3. The van der Waals surface area contributed by atoms with Gasteiger partial charge in [-0.05, 0) is 48.4 Å². The lowest BCUT2D eigenvalue weighted by Gasteiger charge is -2.16. The summed E-state index contributed by atoms with van der Waals surface area (Å²) in [5.74, 6) is 0.592. The van der Waals surface area contributed by atoms with E-state index in [-0.39, 0.29) is 0 Å². The van der Waals surface area contributed by atoms with Gasteiger partial charge in [0.25, 0.3) is 0 Å². The third kappa shape index (κ3) is 3.21. The Bertz CT molecular complexity index is 576. The van der Waals surface area contributed by atoms with Crippen LogP contribution in [0.25, 0.3) is 0 Å². The summed E-state index contributed by atoms with van der Waals surface area (Å²) in [6, 6.07) is 10.6. The second-order valence-corrected chi connectivity index (χ2v) is 5.22. The predicted molar refractivity (Wildman–Crippen MR) is 78.3 cm³/mol. The van der Waals surface area contributed by atoms with Gasteiger partial charge in [-0.3, -0.25) is 0 Å². The van der Waals surface area contributed by atoms with Crippen molar-refractivity contribution in [1.29, 1.82) is 0 Å². The van der Waals surface area contributed by atoms with E-state index >= 15 is 0 Å². The van der Waals surface area contributed by atoms with Crippen LogP contribution in [0.5, 0.6) is 5.75 Å². The molecule has 0 aliphatic carbocycles. The minimum absolute atomic E-state index is 0.550. The molecule has 2 nitrogen and oxygen atoms in total. The maximum absolute atomic E-state index is 10.5. The first-order chi connectivity index (χ1) is 9.01. The van der Waals surface area contributed by atoms with Crippen LogP contribution < -0.4 is 4.74 Å². The number of halogens is 2. The van der Waals surface area contributed by atoms with Crippen molar-refractivity contribution in [3.8, 4) is 5.75 Å². The van der Waals surface area contributed by atoms with Crippen molar-refractivity contribution in [3.63, 3.8) is 0 Å². The van der Waals surface area contributed by atoms with Crippen LogP contribution in [0.1, 0.15) is 22.8 Å².